The van der Waals surface area contributed by atoms with Crippen LogP contribution >= 0.6 is 22.7 Å². The van der Waals surface area contributed by atoms with E-state index in [4.69, 9.17) is 4.98 Å². The quantitative estimate of drug-likeness (QED) is 0.153. The van der Waals surface area contributed by atoms with Gasteiger partial charge in [-0.05, 0) is 74.1 Å². The van der Waals surface area contributed by atoms with E-state index >= 15 is 0 Å². The summed E-state index contributed by atoms with van der Waals surface area (Å²) in [6, 6.07) is 19.3. The van der Waals surface area contributed by atoms with E-state index in [9.17, 15) is 19.5 Å². The third-order valence-corrected chi connectivity index (χ3v) is 11.7. The number of aldehydes is 1. The predicted octanol–water partition coefficient (Wildman–Crippen LogP) is 8.88. The van der Waals surface area contributed by atoms with Crippen molar-refractivity contribution in [2.75, 3.05) is 7.05 Å². The van der Waals surface area contributed by atoms with Crippen LogP contribution in [0.5, 0.6) is 0 Å². The number of benzene rings is 2. The minimum absolute atomic E-state index is 0.0664. The number of aryl methyl sites for hydroxylation is 2. The number of carbonyl (C=O) groups is 3. The third-order valence-electron chi connectivity index (χ3n) is 9.35. The number of pyridine rings is 1. The van der Waals surface area contributed by atoms with Gasteiger partial charge in [0.05, 0.1) is 49.2 Å². The van der Waals surface area contributed by atoms with Crippen LogP contribution in [-0.4, -0.2) is 49.8 Å². The second kappa shape index (κ2) is 13.1. The number of carboxylic acids is 1. The van der Waals surface area contributed by atoms with E-state index < -0.39 is 5.97 Å². The summed E-state index contributed by atoms with van der Waals surface area (Å²) in [6.07, 6.45) is 6.26. The van der Waals surface area contributed by atoms with E-state index in [-0.39, 0.29) is 29.8 Å². The molecule has 0 radical (unpaired) electrons. The lowest BCUT2D eigenvalue weighted by atomic mass is 9.83. The first-order chi connectivity index (χ1) is 23.2. The number of fused-ring (bicyclic) bond motifs is 2. The number of thiophene rings is 1. The van der Waals surface area contributed by atoms with Crippen molar-refractivity contribution in [3.8, 4) is 21.8 Å². The monoisotopic (exact) mass is 676 g/mol. The fourth-order valence-corrected chi connectivity index (χ4v) is 9.39. The SMILES string of the molecule is Cc1nc(C)c(-c2ccc3cc(-c4c(C5CCCCC5)c5sc(C(=O)O)c(CN(C)C(=O)c6ccccc6)c5n4CC=O)ccc3n2)s1. The summed E-state index contributed by atoms with van der Waals surface area (Å²) in [4.78, 5) is 50.9. The zero-order chi connectivity index (χ0) is 33.5. The molecule has 4 aromatic heterocycles. The summed E-state index contributed by atoms with van der Waals surface area (Å²) in [7, 11) is 1.69. The van der Waals surface area contributed by atoms with E-state index in [1.165, 1.54) is 17.8 Å². The number of carbonyl (C=O) groups excluding carboxylic acids is 2. The first kappa shape index (κ1) is 31.9. The molecule has 8 nitrogen and oxygen atoms in total. The summed E-state index contributed by atoms with van der Waals surface area (Å²) in [5, 5.41) is 12.4. The van der Waals surface area contributed by atoms with Gasteiger partial charge in [-0.2, -0.15) is 0 Å². The molecule has 0 saturated heterocycles. The zero-order valence-electron chi connectivity index (χ0n) is 27.2. The lowest BCUT2D eigenvalue weighted by Gasteiger charge is -2.23. The van der Waals surface area contributed by atoms with Crippen molar-refractivity contribution in [1.82, 2.24) is 19.4 Å². The fourth-order valence-electron chi connectivity index (χ4n) is 7.23. The van der Waals surface area contributed by atoms with Crippen molar-refractivity contribution in [3.05, 3.63) is 92.9 Å². The lowest BCUT2D eigenvalue weighted by Crippen LogP contribution is -2.27. The maximum atomic E-state index is 13.4. The highest BCUT2D eigenvalue weighted by atomic mass is 32.1. The molecule has 7 rings (SSSR count). The molecule has 1 N–H and O–H groups in total. The number of nitrogens with zero attached hydrogens (tertiary/aromatic N) is 4. The van der Waals surface area contributed by atoms with Gasteiger partial charge in [0.15, 0.2) is 0 Å². The van der Waals surface area contributed by atoms with Crippen molar-refractivity contribution in [1.29, 1.82) is 0 Å². The van der Waals surface area contributed by atoms with Crippen molar-refractivity contribution >= 4 is 62.0 Å². The third kappa shape index (κ3) is 5.73. The standard InChI is InChI=1S/C38H36N4O4S2/c1-22-34(47-23(2)39-22)30-17-14-26-20-27(15-16-29(26)40-30)32-31(24-10-6-4-7-11-24)36-33(42(32)18-19-43)28(35(48-36)38(45)46)21-41(3)37(44)25-12-8-5-9-13-25/h5,8-9,12-17,19-20,24H,4,6-7,10-11,18,21H2,1-3H3,(H,45,46). The van der Waals surface area contributed by atoms with Crippen LogP contribution in [0, 0.1) is 13.8 Å². The van der Waals surface area contributed by atoms with Gasteiger partial charge >= 0.3 is 5.97 Å². The Morgan fingerprint density at radius 2 is 1.77 bits per heavy atom. The van der Waals surface area contributed by atoms with E-state index in [1.54, 1.807) is 35.4 Å². The van der Waals surface area contributed by atoms with Crippen molar-refractivity contribution in [2.24, 2.45) is 0 Å². The Kier molecular flexibility index (Phi) is 8.70. The molecule has 0 aliphatic heterocycles. The number of rotatable bonds is 9. The summed E-state index contributed by atoms with van der Waals surface area (Å²) in [5.74, 6) is -0.994. The number of aromatic carboxylic acids is 1. The molecule has 0 spiro atoms. The molecule has 244 valence electrons. The van der Waals surface area contributed by atoms with E-state index in [0.29, 0.717) is 11.1 Å². The van der Waals surface area contributed by atoms with Crippen LogP contribution in [0.2, 0.25) is 0 Å². The highest BCUT2D eigenvalue weighted by Crippen LogP contribution is 2.49. The number of amides is 1. The van der Waals surface area contributed by atoms with Crippen LogP contribution in [0.1, 0.15) is 79.9 Å². The minimum atomic E-state index is -1.03. The summed E-state index contributed by atoms with van der Waals surface area (Å²) in [6.45, 7) is 4.17. The minimum Gasteiger partial charge on any atom is -0.477 e. The highest BCUT2D eigenvalue weighted by molar-refractivity contribution is 7.21. The van der Waals surface area contributed by atoms with E-state index in [2.05, 4.69) is 23.2 Å². The van der Waals surface area contributed by atoms with Crippen molar-refractivity contribution < 1.29 is 19.5 Å². The second-order valence-electron chi connectivity index (χ2n) is 12.5. The molecule has 0 bridgehead atoms. The molecular weight excluding hydrogens is 641 g/mol. The van der Waals surface area contributed by atoms with Gasteiger partial charge in [-0.1, -0.05) is 49.6 Å². The summed E-state index contributed by atoms with van der Waals surface area (Å²) in [5.41, 5.74) is 7.58. The van der Waals surface area contributed by atoms with Crippen LogP contribution in [0.4, 0.5) is 0 Å². The molecule has 1 fully saturated rings. The first-order valence-corrected chi connectivity index (χ1v) is 17.9. The maximum Gasteiger partial charge on any atom is 0.346 e. The number of carboxylic acid groups (broad SMARTS) is 1. The van der Waals surface area contributed by atoms with E-state index in [1.807, 2.05) is 48.7 Å². The molecule has 10 heteroatoms. The van der Waals surface area contributed by atoms with Gasteiger partial charge in [0.1, 0.15) is 11.2 Å². The van der Waals surface area contributed by atoms with Crippen LogP contribution in [0.3, 0.4) is 0 Å². The normalized spacial score (nSPS) is 13.7. The van der Waals surface area contributed by atoms with Crippen molar-refractivity contribution in [3.63, 3.8) is 0 Å². The van der Waals surface area contributed by atoms with Crippen LogP contribution in [0.25, 0.3) is 42.9 Å². The van der Waals surface area contributed by atoms with Gasteiger partial charge in [-0.25, -0.2) is 14.8 Å². The first-order valence-electron chi connectivity index (χ1n) is 16.3. The number of aromatic nitrogens is 3. The molecule has 48 heavy (non-hydrogen) atoms. The zero-order valence-corrected chi connectivity index (χ0v) is 28.8. The Morgan fingerprint density at radius 3 is 2.46 bits per heavy atom. The Hall–Kier alpha value is -4.67. The molecule has 1 aliphatic rings. The molecule has 6 aromatic rings. The average Bonchev–Trinajstić information content (AvgIpc) is 3.74. The van der Waals surface area contributed by atoms with Gasteiger partial charge in [0, 0.05) is 30.1 Å². The highest BCUT2D eigenvalue weighted by Gasteiger charge is 2.32. The van der Waals surface area contributed by atoms with Gasteiger partial charge in [-0.15, -0.1) is 22.7 Å². The topological polar surface area (TPSA) is 105 Å². The number of thiazole rings is 1. The number of hydrogen-bond donors (Lipinski definition) is 1. The van der Waals surface area contributed by atoms with Gasteiger partial charge in [-0.3, -0.25) is 4.79 Å². The van der Waals surface area contributed by atoms with Crippen molar-refractivity contribution in [2.45, 2.75) is 65.0 Å². The largest absolute Gasteiger partial charge is 0.477 e. The van der Waals surface area contributed by atoms with Gasteiger partial charge < -0.3 is 19.4 Å². The molecule has 1 saturated carbocycles. The molecular formula is C38H36N4O4S2. The molecule has 0 unspecified atom stereocenters. The summed E-state index contributed by atoms with van der Waals surface area (Å²) < 4.78 is 2.90. The van der Waals surface area contributed by atoms with Gasteiger partial charge in [0.25, 0.3) is 5.91 Å². The molecule has 1 amide bonds. The molecule has 2 aromatic carbocycles. The Bertz CT molecular complexity index is 2190. The molecule has 0 atom stereocenters. The second-order valence-corrected chi connectivity index (χ2v) is 14.8. The number of hydrogen-bond acceptors (Lipinski definition) is 7. The maximum absolute atomic E-state index is 13.4. The lowest BCUT2D eigenvalue weighted by molar-refractivity contribution is -0.108. The van der Waals surface area contributed by atoms with Crippen LogP contribution in [0.15, 0.2) is 60.7 Å². The van der Waals surface area contributed by atoms with Crippen LogP contribution < -0.4 is 0 Å². The fraction of sp³-hybridized carbons (Fsp3) is 0.289. The molecule has 4 heterocycles. The van der Waals surface area contributed by atoms with Crippen LogP contribution in [-0.2, 0) is 17.9 Å². The average molecular weight is 677 g/mol. The Morgan fingerprint density at radius 1 is 1.00 bits per heavy atom. The summed E-state index contributed by atoms with van der Waals surface area (Å²) >= 11 is 2.91. The smallest absolute Gasteiger partial charge is 0.346 e. The van der Waals surface area contributed by atoms with E-state index in [0.717, 1.165) is 91.2 Å². The molecule has 1 aliphatic carbocycles. The predicted molar refractivity (Wildman–Crippen MR) is 192 cm³/mol. The van der Waals surface area contributed by atoms with Gasteiger partial charge in [0.2, 0.25) is 0 Å². The Labute approximate surface area is 286 Å². The Balaban J connectivity index is 1.41.